The third-order valence-corrected chi connectivity index (χ3v) is 2.65. The molecule has 0 heterocycles. The molecule has 1 rings (SSSR count). The first-order chi connectivity index (χ1) is 7.29. The maximum absolute atomic E-state index is 12.8. The molecule has 0 aliphatic carbocycles. The molecule has 2 nitrogen and oxygen atoms in total. The van der Waals surface area contributed by atoms with Crippen molar-refractivity contribution in [3.8, 4) is 5.75 Å². The second-order valence-electron chi connectivity index (χ2n) is 2.49. The number of benzene rings is 1. The first-order valence-corrected chi connectivity index (χ1v) is 4.74. The summed E-state index contributed by atoms with van der Waals surface area (Å²) in [6.45, 7) is 0. The van der Waals surface area contributed by atoms with Crippen molar-refractivity contribution in [2.24, 2.45) is 0 Å². The second kappa shape index (κ2) is 4.32. The van der Waals surface area contributed by atoms with Crippen LogP contribution in [0.2, 0.25) is 0 Å². The van der Waals surface area contributed by atoms with Crippen LogP contribution in [0.3, 0.4) is 0 Å². The number of hydrogen-bond donors (Lipinski definition) is 1. The van der Waals surface area contributed by atoms with Crippen LogP contribution in [0.25, 0.3) is 0 Å². The summed E-state index contributed by atoms with van der Waals surface area (Å²) in [7, 11) is -3.56. The molecule has 0 amide bonds. The molecular formula is C7H2F6O2S. The molecule has 0 spiro atoms. The molecule has 1 N–H and O–H groups in total. The van der Waals surface area contributed by atoms with Crippen molar-refractivity contribution in [3.05, 3.63) is 23.3 Å². The Labute approximate surface area is 87.0 Å². The lowest BCUT2D eigenvalue weighted by Gasteiger charge is -2.07. The van der Waals surface area contributed by atoms with Crippen molar-refractivity contribution in [2.75, 3.05) is 0 Å². The molecule has 9 heteroatoms. The standard InChI is InChI=1S/C7H2F6O2S/c8-1-3(10)6(16(15)7(12)13)4(11)2(9)5(1)14/h7,14H. The Hall–Kier alpha value is -1.25. The highest BCUT2D eigenvalue weighted by Crippen LogP contribution is 2.31. The maximum Gasteiger partial charge on any atom is 0.316 e. The van der Waals surface area contributed by atoms with E-state index in [2.05, 4.69) is 0 Å². The minimum atomic E-state index is -3.72. The Kier molecular flexibility index (Phi) is 3.46. The number of halogens is 6. The molecule has 0 aliphatic heterocycles. The van der Waals surface area contributed by atoms with Gasteiger partial charge in [0.1, 0.15) is 15.7 Å². The Morgan fingerprint density at radius 1 is 0.938 bits per heavy atom. The summed E-state index contributed by atoms with van der Waals surface area (Å²) in [6, 6.07) is 0. The van der Waals surface area contributed by atoms with Crippen LogP contribution >= 0.6 is 0 Å². The van der Waals surface area contributed by atoms with Gasteiger partial charge in [-0.15, -0.1) is 0 Å². The van der Waals surface area contributed by atoms with E-state index in [0.717, 1.165) is 0 Å². The Morgan fingerprint density at radius 2 is 1.31 bits per heavy atom. The predicted octanol–water partition coefficient (Wildman–Crippen LogP) is 2.28. The molecule has 0 radical (unpaired) electrons. The third kappa shape index (κ3) is 1.86. The molecule has 0 bridgehead atoms. The van der Waals surface area contributed by atoms with Crippen molar-refractivity contribution >= 4 is 10.8 Å². The molecule has 0 aromatic heterocycles. The van der Waals surface area contributed by atoms with E-state index < -0.39 is 50.5 Å². The van der Waals surface area contributed by atoms with E-state index in [9.17, 15) is 30.6 Å². The van der Waals surface area contributed by atoms with Gasteiger partial charge in [-0.05, 0) is 0 Å². The maximum atomic E-state index is 12.8. The zero-order valence-corrected chi connectivity index (χ0v) is 7.93. The summed E-state index contributed by atoms with van der Waals surface area (Å²) in [5, 5.41) is 8.50. The monoisotopic (exact) mass is 264 g/mol. The molecule has 0 aliphatic rings. The van der Waals surface area contributed by atoms with Crippen molar-refractivity contribution in [1.82, 2.24) is 0 Å². The Balaban J connectivity index is 3.58. The zero-order valence-electron chi connectivity index (χ0n) is 7.11. The Morgan fingerprint density at radius 3 is 1.62 bits per heavy atom. The highest BCUT2D eigenvalue weighted by atomic mass is 32.2. The van der Waals surface area contributed by atoms with Gasteiger partial charge < -0.3 is 5.11 Å². The number of phenolic OH excluding ortho intramolecular Hbond substituents is 1. The van der Waals surface area contributed by atoms with E-state index in [0.29, 0.717) is 0 Å². The quantitative estimate of drug-likeness (QED) is 0.657. The van der Waals surface area contributed by atoms with E-state index in [1.165, 1.54) is 0 Å². The average Bonchev–Trinajstić information content (AvgIpc) is 2.23. The van der Waals surface area contributed by atoms with Crippen LogP contribution in [0.5, 0.6) is 5.75 Å². The highest BCUT2D eigenvalue weighted by Gasteiger charge is 2.32. The van der Waals surface area contributed by atoms with E-state index in [-0.39, 0.29) is 0 Å². The molecule has 0 fully saturated rings. The lowest BCUT2D eigenvalue weighted by atomic mass is 10.3. The minimum absolute atomic E-state index is 1.94. The molecule has 1 atom stereocenters. The summed E-state index contributed by atoms with van der Waals surface area (Å²) in [4.78, 5) is -1.94. The van der Waals surface area contributed by atoms with Gasteiger partial charge in [0.25, 0.3) is 0 Å². The number of hydrogen-bond acceptors (Lipinski definition) is 2. The van der Waals surface area contributed by atoms with E-state index in [4.69, 9.17) is 5.11 Å². The topological polar surface area (TPSA) is 37.3 Å². The summed E-state index contributed by atoms with van der Waals surface area (Å²) in [6.07, 6.45) is 0. The van der Waals surface area contributed by atoms with Gasteiger partial charge in [-0.2, -0.15) is 17.6 Å². The smallest absolute Gasteiger partial charge is 0.316 e. The minimum Gasteiger partial charge on any atom is -0.503 e. The van der Waals surface area contributed by atoms with Crippen LogP contribution in [-0.4, -0.2) is 15.1 Å². The average molecular weight is 264 g/mol. The van der Waals surface area contributed by atoms with Gasteiger partial charge in [-0.1, -0.05) is 0 Å². The van der Waals surface area contributed by atoms with Gasteiger partial charge in [0.15, 0.2) is 17.4 Å². The molecule has 16 heavy (non-hydrogen) atoms. The summed E-state index contributed by atoms with van der Waals surface area (Å²) >= 11 is 0. The summed E-state index contributed by atoms with van der Waals surface area (Å²) in [5.41, 5.74) is 0. The molecular weight excluding hydrogens is 262 g/mol. The number of rotatable bonds is 2. The first-order valence-electron chi connectivity index (χ1n) is 3.52. The van der Waals surface area contributed by atoms with Crippen LogP contribution in [0, 0.1) is 23.3 Å². The molecule has 0 saturated heterocycles. The Bertz CT molecular complexity index is 432. The van der Waals surface area contributed by atoms with Gasteiger partial charge in [0.05, 0.1) is 0 Å². The second-order valence-corrected chi connectivity index (χ2v) is 3.85. The van der Waals surface area contributed by atoms with Crippen molar-refractivity contribution in [1.29, 1.82) is 0 Å². The van der Waals surface area contributed by atoms with Gasteiger partial charge in [0.2, 0.25) is 11.6 Å². The number of aromatic hydroxyl groups is 1. The lowest BCUT2D eigenvalue weighted by Crippen LogP contribution is -2.11. The van der Waals surface area contributed by atoms with Crippen LogP contribution in [0.4, 0.5) is 26.3 Å². The normalized spacial score (nSPS) is 13.2. The fourth-order valence-electron chi connectivity index (χ4n) is 0.866. The summed E-state index contributed by atoms with van der Waals surface area (Å²) in [5.74, 6) is -14.9. The molecule has 0 saturated carbocycles. The fourth-order valence-corrected chi connectivity index (χ4v) is 1.58. The van der Waals surface area contributed by atoms with Crippen LogP contribution in [0.1, 0.15) is 0 Å². The van der Waals surface area contributed by atoms with E-state index in [1.54, 1.807) is 0 Å². The van der Waals surface area contributed by atoms with Crippen molar-refractivity contribution in [3.63, 3.8) is 0 Å². The van der Waals surface area contributed by atoms with Crippen molar-refractivity contribution < 1.29 is 35.7 Å². The first kappa shape index (κ1) is 12.8. The SMILES string of the molecule is O=S(c1c(F)c(F)c(O)c(F)c1F)C(F)F. The molecule has 1 aromatic carbocycles. The largest absolute Gasteiger partial charge is 0.503 e. The molecule has 1 unspecified atom stereocenters. The zero-order chi connectivity index (χ0) is 12.6. The fraction of sp³-hybridized carbons (Fsp3) is 0.143. The third-order valence-electron chi connectivity index (χ3n) is 1.56. The van der Waals surface area contributed by atoms with Gasteiger partial charge in [0, 0.05) is 0 Å². The van der Waals surface area contributed by atoms with Crippen LogP contribution in [-0.2, 0) is 10.8 Å². The number of alkyl halides is 2. The van der Waals surface area contributed by atoms with E-state index in [1.807, 2.05) is 0 Å². The van der Waals surface area contributed by atoms with Crippen LogP contribution < -0.4 is 0 Å². The number of phenols is 1. The highest BCUT2D eigenvalue weighted by molar-refractivity contribution is 7.85. The summed E-state index contributed by atoms with van der Waals surface area (Å²) < 4.78 is 85.4. The van der Waals surface area contributed by atoms with Gasteiger partial charge in [-0.3, -0.25) is 0 Å². The lowest BCUT2D eigenvalue weighted by molar-refractivity contribution is 0.242. The molecule has 90 valence electrons. The van der Waals surface area contributed by atoms with Crippen LogP contribution in [0.15, 0.2) is 4.90 Å². The van der Waals surface area contributed by atoms with E-state index >= 15 is 0 Å². The van der Waals surface area contributed by atoms with Gasteiger partial charge >= 0.3 is 5.76 Å². The predicted molar refractivity (Wildman–Crippen MR) is 40.4 cm³/mol. The molecule has 1 aromatic rings. The van der Waals surface area contributed by atoms with Crippen molar-refractivity contribution in [2.45, 2.75) is 10.7 Å². The van der Waals surface area contributed by atoms with Gasteiger partial charge in [-0.25, -0.2) is 13.0 Å².